The molecule has 3 rings (SSSR count). The molecule has 0 amide bonds. The van der Waals surface area contributed by atoms with Crippen LogP contribution in [0.15, 0.2) is 48.7 Å². The Kier molecular flexibility index (Phi) is 4.78. The highest BCUT2D eigenvalue weighted by molar-refractivity contribution is 5.89. The molecule has 0 aliphatic heterocycles. The third-order valence-corrected chi connectivity index (χ3v) is 4.29. The lowest BCUT2D eigenvalue weighted by Gasteiger charge is -2.08. The Morgan fingerprint density at radius 1 is 1.15 bits per heavy atom. The van der Waals surface area contributed by atoms with Gasteiger partial charge in [-0.2, -0.15) is 13.2 Å². The molecule has 0 spiro atoms. The molecule has 0 unspecified atom stereocenters. The predicted octanol–water partition coefficient (Wildman–Crippen LogP) is 4.80. The fraction of sp³-hybridized carbons (Fsp3) is 0.200. The first-order valence-electron chi connectivity index (χ1n) is 8.20. The SMILES string of the molecule is Cc1cc(-n2cc(Cc3cccc(C(F)(F)F)c3)nc2C)ccc1C(=O)O. The van der Waals surface area contributed by atoms with Crippen LogP contribution in [0.2, 0.25) is 0 Å². The Bertz CT molecular complexity index is 1010. The average molecular weight is 374 g/mol. The molecular weight excluding hydrogens is 357 g/mol. The van der Waals surface area contributed by atoms with Crippen molar-refractivity contribution in [1.29, 1.82) is 0 Å². The van der Waals surface area contributed by atoms with E-state index in [0.717, 1.165) is 17.8 Å². The van der Waals surface area contributed by atoms with Gasteiger partial charge in [-0.05, 0) is 49.2 Å². The summed E-state index contributed by atoms with van der Waals surface area (Å²) in [5.41, 5.74) is 2.06. The fourth-order valence-corrected chi connectivity index (χ4v) is 2.98. The zero-order chi connectivity index (χ0) is 19.8. The summed E-state index contributed by atoms with van der Waals surface area (Å²) in [6.07, 6.45) is -2.36. The van der Waals surface area contributed by atoms with Crippen LogP contribution in [0.3, 0.4) is 0 Å². The van der Waals surface area contributed by atoms with E-state index in [0.29, 0.717) is 22.6 Å². The van der Waals surface area contributed by atoms with E-state index in [1.165, 1.54) is 12.1 Å². The van der Waals surface area contributed by atoms with Crippen molar-refractivity contribution >= 4 is 5.97 Å². The standard InChI is InChI=1S/C20H17F3N2O2/c1-12-8-17(6-7-18(12)19(26)27)25-11-16(24-13(25)2)10-14-4-3-5-15(9-14)20(21,22)23/h3-9,11H,10H2,1-2H3,(H,26,27). The van der Waals surface area contributed by atoms with Gasteiger partial charge in [-0.15, -0.1) is 0 Å². The quantitative estimate of drug-likeness (QED) is 0.714. The minimum atomic E-state index is -4.38. The molecule has 0 atom stereocenters. The summed E-state index contributed by atoms with van der Waals surface area (Å²) in [4.78, 5) is 15.6. The van der Waals surface area contributed by atoms with E-state index in [-0.39, 0.29) is 12.0 Å². The maximum atomic E-state index is 12.9. The number of carboxylic acids is 1. The van der Waals surface area contributed by atoms with Crippen LogP contribution in [0.1, 0.15) is 38.6 Å². The number of nitrogens with zero attached hydrogens (tertiary/aromatic N) is 2. The lowest BCUT2D eigenvalue weighted by molar-refractivity contribution is -0.137. The zero-order valence-electron chi connectivity index (χ0n) is 14.7. The Labute approximate surface area is 153 Å². The summed E-state index contributed by atoms with van der Waals surface area (Å²) in [5.74, 6) is -0.328. The van der Waals surface area contributed by atoms with E-state index >= 15 is 0 Å². The number of hydrogen-bond acceptors (Lipinski definition) is 2. The maximum Gasteiger partial charge on any atom is 0.416 e. The van der Waals surface area contributed by atoms with Crippen molar-refractivity contribution in [2.24, 2.45) is 0 Å². The van der Waals surface area contributed by atoms with Crippen molar-refractivity contribution in [3.63, 3.8) is 0 Å². The third kappa shape index (κ3) is 4.02. The lowest BCUT2D eigenvalue weighted by atomic mass is 10.1. The van der Waals surface area contributed by atoms with Gasteiger partial charge < -0.3 is 9.67 Å². The molecule has 0 saturated carbocycles. The van der Waals surface area contributed by atoms with Crippen LogP contribution >= 0.6 is 0 Å². The summed E-state index contributed by atoms with van der Waals surface area (Å²) >= 11 is 0. The van der Waals surface area contributed by atoms with Crippen LogP contribution in [-0.4, -0.2) is 20.6 Å². The largest absolute Gasteiger partial charge is 0.478 e. The van der Waals surface area contributed by atoms with Gasteiger partial charge in [0.25, 0.3) is 0 Å². The molecule has 1 N–H and O–H groups in total. The molecule has 27 heavy (non-hydrogen) atoms. The van der Waals surface area contributed by atoms with E-state index < -0.39 is 17.7 Å². The van der Waals surface area contributed by atoms with Crippen LogP contribution in [0.4, 0.5) is 13.2 Å². The summed E-state index contributed by atoms with van der Waals surface area (Å²) in [5, 5.41) is 9.13. The van der Waals surface area contributed by atoms with Crippen molar-refractivity contribution < 1.29 is 23.1 Å². The Morgan fingerprint density at radius 2 is 1.89 bits per heavy atom. The average Bonchev–Trinajstić information content (AvgIpc) is 2.94. The number of halogens is 3. The van der Waals surface area contributed by atoms with Crippen LogP contribution in [0.5, 0.6) is 0 Å². The predicted molar refractivity (Wildman–Crippen MR) is 94.2 cm³/mol. The van der Waals surface area contributed by atoms with Crippen molar-refractivity contribution in [1.82, 2.24) is 9.55 Å². The highest BCUT2D eigenvalue weighted by Crippen LogP contribution is 2.30. The molecular formula is C20H17F3N2O2. The van der Waals surface area contributed by atoms with Gasteiger partial charge in [0.2, 0.25) is 0 Å². The number of aryl methyl sites for hydroxylation is 2. The molecule has 0 radical (unpaired) electrons. The highest BCUT2D eigenvalue weighted by atomic mass is 19.4. The number of rotatable bonds is 4. The second-order valence-corrected chi connectivity index (χ2v) is 6.33. The van der Waals surface area contributed by atoms with E-state index in [4.69, 9.17) is 5.11 Å². The Hall–Kier alpha value is -3.09. The number of benzene rings is 2. The van der Waals surface area contributed by atoms with Gasteiger partial charge in [0.15, 0.2) is 0 Å². The van der Waals surface area contributed by atoms with Crippen molar-refractivity contribution in [2.75, 3.05) is 0 Å². The molecule has 3 aromatic rings. The van der Waals surface area contributed by atoms with Crippen LogP contribution in [0, 0.1) is 13.8 Å². The minimum Gasteiger partial charge on any atom is -0.478 e. The molecule has 0 saturated heterocycles. The highest BCUT2D eigenvalue weighted by Gasteiger charge is 2.30. The fourth-order valence-electron chi connectivity index (χ4n) is 2.98. The summed E-state index contributed by atoms with van der Waals surface area (Å²) in [6, 6.07) is 10.1. The van der Waals surface area contributed by atoms with Crippen LogP contribution in [-0.2, 0) is 12.6 Å². The second kappa shape index (κ2) is 6.90. The summed E-state index contributed by atoms with van der Waals surface area (Å²) in [7, 11) is 0. The van der Waals surface area contributed by atoms with E-state index in [1.807, 2.05) is 0 Å². The van der Waals surface area contributed by atoms with E-state index in [1.54, 1.807) is 42.8 Å². The van der Waals surface area contributed by atoms with E-state index in [9.17, 15) is 18.0 Å². The minimum absolute atomic E-state index is 0.223. The molecule has 140 valence electrons. The number of alkyl halides is 3. The molecule has 0 aliphatic carbocycles. The Morgan fingerprint density at radius 3 is 2.52 bits per heavy atom. The lowest BCUT2D eigenvalue weighted by Crippen LogP contribution is -2.05. The maximum absolute atomic E-state index is 12.9. The number of aromatic nitrogens is 2. The third-order valence-electron chi connectivity index (χ3n) is 4.29. The second-order valence-electron chi connectivity index (χ2n) is 6.33. The first-order valence-corrected chi connectivity index (χ1v) is 8.20. The van der Waals surface area contributed by atoms with Crippen LogP contribution < -0.4 is 0 Å². The monoisotopic (exact) mass is 374 g/mol. The molecule has 1 heterocycles. The number of imidazole rings is 1. The molecule has 4 nitrogen and oxygen atoms in total. The molecule has 0 bridgehead atoms. The number of carbonyl (C=O) groups is 1. The van der Waals surface area contributed by atoms with Gasteiger partial charge >= 0.3 is 12.1 Å². The van der Waals surface area contributed by atoms with Crippen molar-refractivity contribution in [2.45, 2.75) is 26.4 Å². The number of aromatic carboxylic acids is 1. The molecule has 1 aromatic heterocycles. The van der Waals surface area contributed by atoms with Crippen LogP contribution in [0.25, 0.3) is 5.69 Å². The topological polar surface area (TPSA) is 55.1 Å². The first kappa shape index (κ1) is 18.7. The van der Waals surface area contributed by atoms with Gasteiger partial charge in [0.1, 0.15) is 5.82 Å². The van der Waals surface area contributed by atoms with Gasteiger partial charge in [-0.1, -0.05) is 18.2 Å². The van der Waals surface area contributed by atoms with E-state index in [2.05, 4.69) is 4.98 Å². The Balaban J connectivity index is 1.89. The van der Waals surface area contributed by atoms with Gasteiger partial charge in [0.05, 0.1) is 16.8 Å². The molecule has 2 aromatic carbocycles. The van der Waals surface area contributed by atoms with Gasteiger partial charge in [-0.3, -0.25) is 0 Å². The van der Waals surface area contributed by atoms with Crippen molar-refractivity contribution in [3.05, 3.63) is 82.4 Å². The number of hydrogen-bond donors (Lipinski definition) is 1. The first-order chi connectivity index (χ1) is 12.6. The summed E-state index contributed by atoms with van der Waals surface area (Å²) in [6.45, 7) is 3.50. The summed E-state index contributed by atoms with van der Waals surface area (Å²) < 4.78 is 40.4. The van der Waals surface area contributed by atoms with Gasteiger partial charge in [-0.25, -0.2) is 9.78 Å². The smallest absolute Gasteiger partial charge is 0.416 e. The molecule has 0 fully saturated rings. The molecule has 0 aliphatic rings. The number of carboxylic acid groups (broad SMARTS) is 1. The van der Waals surface area contributed by atoms with Crippen molar-refractivity contribution in [3.8, 4) is 5.69 Å². The molecule has 7 heteroatoms. The normalized spacial score (nSPS) is 11.6. The van der Waals surface area contributed by atoms with Gasteiger partial charge in [0, 0.05) is 18.3 Å². The zero-order valence-corrected chi connectivity index (χ0v) is 14.7.